The normalized spacial score (nSPS) is 11.5. The van der Waals surface area contributed by atoms with E-state index in [0.29, 0.717) is 24.3 Å². The summed E-state index contributed by atoms with van der Waals surface area (Å²) in [6.07, 6.45) is 0.548. The quantitative estimate of drug-likeness (QED) is 0.705. The van der Waals surface area contributed by atoms with Gasteiger partial charge in [0.2, 0.25) is 15.9 Å². The fourth-order valence-electron chi connectivity index (χ4n) is 1.79. The standard InChI is InChI=1S/C14H23N3O4S/c1-17(2)8-5-9-22(19,20)16-13-7-4-6-12(10-13)15-14(18)11-21-3/h4,6-7,10,16H,5,8-9,11H2,1-3H3,(H,15,18). The van der Waals surface area contributed by atoms with Gasteiger partial charge in [0.05, 0.1) is 11.4 Å². The fraction of sp³-hybridized carbons (Fsp3) is 0.500. The van der Waals surface area contributed by atoms with Gasteiger partial charge in [-0.25, -0.2) is 8.42 Å². The maximum absolute atomic E-state index is 12.0. The third-order valence-corrected chi connectivity index (χ3v) is 4.09. The molecule has 0 aliphatic carbocycles. The monoisotopic (exact) mass is 329 g/mol. The predicted octanol–water partition coefficient (Wildman–Crippen LogP) is 0.965. The Hall–Kier alpha value is -1.64. The first-order chi connectivity index (χ1) is 10.3. The van der Waals surface area contributed by atoms with Gasteiger partial charge >= 0.3 is 0 Å². The molecule has 1 aromatic rings. The molecule has 1 amide bonds. The molecule has 0 unspecified atom stereocenters. The molecule has 124 valence electrons. The molecule has 0 aromatic heterocycles. The van der Waals surface area contributed by atoms with E-state index in [1.807, 2.05) is 19.0 Å². The number of hydrogen-bond donors (Lipinski definition) is 2. The van der Waals surface area contributed by atoms with Gasteiger partial charge in [0.1, 0.15) is 6.61 Å². The second kappa shape index (κ2) is 8.72. The molecule has 22 heavy (non-hydrogen) atoms. The van der Waals surface area contributed by atoms with Gasteiger partial charge in [-0.15, -0.1) is 0 Å². The number of nitrogens with one attached hydrogen (secondary N) is 2. The van der Waals surface area contributed by atoms with Crippen LogP contribution in [0.3, 0.4) is 0 Å². The Morgan fingerprint density at radius 2 is 1.95 bits per heavy atom. The number of benzene rings is 1. The van der Waals surface area contributed by atoms with Gasteiger partial charge in [0.25, 0.3) is 0 Å². The lowest BCUT2D eigenvalue weighted by Gasteiger charge is -2.12. The van der Waals surface area contributed by atoms with Crippen molar-refractivity contribution in [1.82, 2.24) is 4.90 Å². The van der Waals surface area contributed by atoms with Crippen molar-refractivity contribution < 1.29 is 17.9 Å². The Bertz CT molecular complexity index is 588. The molecule has 7 nitrogen and oxygen atoms in total. The summed E-state index contributed by atoms with van der Waals surface area (Å²) in [5.41, 5.74) is 0.926. The third kappa shape index (κ3) is 7.39. The van der Waals surface area contributed by atoms with Gasteiger partial charge < -0.3 is 15.0 Å². The first-order valence-electron chi connectivity index (χ1n) is 6.86. The number of hydrogen-bond acceptors (Lipinski definition) is 5. The van der Waals surface area contributed by atoms with Gasteiger partial charge in [-0.05, 0) is 45.3 Å². The van der Waals surface area contributed by atoms with Crippen LogP contribution < -0.4 is 10.0 Å². The Morgan fingerprint density at radius 1 is 1.27 bits per heavy atom. The van der Waals surface area contributed by atoms with E-state index in [9.17, 15) is 13.2 Å². The van der Waals surface area contributed by atoms with Crippen LogP contribution in [-0.2, 0) is 19.6 Å². The Kier molecular flexibility index (Phi) is 7.30. The summed E-state index contributed by atoms with van der Waals surface area (Å²) in [5, 5.41) is 2.62. The zero-order valence-electron chi connectivity index (χ0n) is 13.1. The second-order valence-corrected chi connectivity index (χ2v) is 6.98. The van der Waals surface area contributed by atoms with E-state index >= 15 is 0 Å². The number of carbonyl (C=O) groups excluding carboxylic acids is 1. The minimum Gasteiger partial charge on any atom is -0.375 e. The molecule has 0 atom stereocenters. The minimum absolute atomic E-state index is 0.0471. The summed E-state index contributed by atoms with van der Waals surface area (Å²) in [7, 11) is 1.82. The zero-order valence-corrected chi connectivity index (χ0v) is 13.9. The lowest BCUT2D eigenvalue weighted by atomic mass is 10.3. The largest absolute Gasteiger partial charge is 0.375 e. The Balaban J connectivity index is 2.63. The third-order valence-electron chi connectivity index (χ3n) is 2.71. The SMILES string of the molecule is COCC(=O)Nc1cccc(NS(=O)(=O)CCCN(C)C)c1. The highest BCUT2D eigenvalue weighted by molar-refractivity contribution is 7.92. The molecule has 0 saturated heterocycles. The van der Waals surface area contributed by atoms with Crippen LogP contribution in [0.5, 0.6) is 0 Å². The molecular weight excluding hydrogens is 306 g/mol. The lowest BCUT2D eigenvalue weighted by molar-refractivity contribution is -0.119. The topological polar surface area (TPSA) is 87.7 Å². The highest BCUT2D eigenvalue weighted by Crippen LogP contribution is 2.16. The van der Waals surface area contributed by atoms with E-state index in [1.54, 1.807) is 24.3 Å². The maximum atomic E-state index is 12.0. The number of methoxy groups -OCH3 is 1. The van der Waals surface area contributed by atoms with Crippen LogP contribution in [0.4, 0.5) is 11.4 Å². The van der Waals surface area contributed by atoms with Gasteiger partial charge in [-0.3, -0.25) is 9.52 Å². The summed E-state index contributed by atoms with van der Waals surface area (Å²) in [5.74, 6) is -0.251. The fourth-order valence-corrected chi connectivity index (χ4v) is 2.89. The van der Waals surface area contributed by atoms with Crippen molar-refractivity contribution in [2.45, 2.75) is 6.42 Å². The molecular formula is C14H23N3O4S. The number of amides is 1. The van der Waals surface area contributed by atoms with E-state index in [0.717, 1.165) is 0 Å². The molecule has 0 radical (unpaired) electrons. The lowest BCUT2D eigenvalue weighted by Crippen LogP contribution is -2.21. The van der Waals surface area contributed by atoms with Crippen molar-refractivity contribution in [1.29, 1.82) is 0 Å². The summed E-state index contributed by atoms with van der Waals surface area (Å²) in [6, 6.07) is 6.55. The Labute approximate surface area is 131 Å². The predicted molar refractivity (Wildman–Crippen MR) is 87.5 cm³/mol. The number of sulfonamides is 1. The van der Waals surface area contributed by atoms with Crippen LogP contribution >= 0.6 is 0 Å². The van der Waals surface area contributed by atoms with Crippen molar-refractivity contribution in [3.05, 3.63) is 24.3 Å². The molecule has 1 aromatic carbocycles. The zero-order chi connectivity index (χ0) is 16.6. The summed E-state index contributed by atoms with van der Waals surface area (Å²) >= 11 is 0. The molecule has 0 spiro atoms. The average molecular weight is 329 g/mol. The highest BCUT2D eigenvalue weighted by Gasteiger charge is 2.11. The number of ether oxygens (including phenoxy) is 1. The molecule has 0 aliphatic heterocycles. The number of rotatable bonds is 9. The van der Waals surface area contributed by atoms with Gasteiger partial charge in [-0.1, -0.05) is 6.07 Å². The van der Waals surface area contributed by atoms with Crippen LogP contribution in [-0.4, -0.2) is 59.3 Å². The molecule has 8 heteroatoms. The molecule has 0 bridgehead atoms. The first kappa shape index (κ1) is 18.4. The van der Waals surface area contributed by atoms with E-state index in [4.69, 9.17) is 4.74 Å². The minimum atomic E-state index is -3.40. The van der Waals surface area contributed by atoms with Gasteiger partial charge in [0, 0.05) is 12.8 Å². The number of anilines is 2. The van der Waals surface area contributed by atoms with E-state index in [1.165, 1.54) is 7.11 Å². The van der Waals surface area contributed by atoms with Crippen molar-refractivity contribution in [3.63, 3.8) is 0 Å². The average Bonchev–Trinajstić information content (AvgIpc) is 2.37. The van der Waals surface area contributed by atoms with Crippen LogP contribution in [0.2, 0.25) is 0 Å². The van der Waals surface area contributed by atoms with Gasteiger partial charge in [-0.2, -0.15) is 0 Å². The van der Waals surface area contributed by atoms with Crippen LogP contribution in [0.25, 0.3) is 0 Å². The summed E-state index contributed by atoms with van der Waals surface area (Å²) in [4.78, 5) is 13.4. The van der Waals surface area contributed by atoms with Crippen LogP contribution in [0, 0.1) is 0 Å². The molecule has 0 aliphatic rings. The molecule has 0 heterocycles. The maximum Gasteiger partial charge on any atom is 0.250 e. The van der Waals surface area contributed by atoms with Crippen LogP contribution in [0.15, 0.2) is 24.3 Å². The van der Waals surface area contributed by atoms with Crippen LogP contribution in [0.1, 0.15) is 6.42 Å². The molecule has 2 N–H and O–H groups in total. The van der Waals surface area contributed by atoms with E-state index in [-0.39, 0.29) is 18.3 Å². The van der Waals surface area contributed by atoms with Crippen molar-refractivity contribution in [2.24, 2.45) is 0 Å². The molecule has 0 saturated carbocycles. The summed E-state index contributed by atoms with van der Waals surface area (Å²) < 4.78 is 31.2. The van der Waals surface area contributed by atoms with Crippen molar-refractivity contribution >= 4 is 27.3 Å². The number of carbonyl (C=O) groups is 1. The van der Waals surface area contributed by atoms with Gasteiger partial charge in [0.15, 0.2) is 0 Å². The smallest absolute Gasteiger partial charge is 0.250 e. The summed E-state index contributed by atoms with van der Waals surface area (Å²) in [6.45, 7) is 0.647. The second-order valence-electron chi connectivity index (χ2n) is 5.14. The number of nitrogens with zero attached hydrogens (tertiary/aromatic N) is 1. The van der Waals surface area contributed by atoms with Crippen molar-refractivity contribution in [2.75, 3.05) is 50.1 Å². The molecule has 1 rings (SSSR count). The van der Waals surface area contributed by atoms with E-state index < -0.39 is 10.0 Å². The highest BCUT2D eigenvalue weighted by atomic mass is 32.2. The first-order valence-corrected chi connectivity index (χ1v) is 8.52. The Morgan fingerprint density at radius 3 is 2.59 bits per heavy atom. The van der Waals surface area contributed by atoms with Crippen molar-refractivity contribution in [3.8, 4) is 0 Å². The van der Waals surface area contributed by atoms with E-state index in [2.05, 4.69) is 10.0 Å². The molecule has 0 fully saturated rings.